The fourth-order valence-electron chi connectivity index (χ4n) is 3.64. The molecule has 2 aromatic rings. The lowest BCUT2D eigenvalue weighted by Crippen LogP contribution is -2.44. The highest BCUT2D eigenvalue weighted by atomic mass is 32.2. The van der Waals surface area contributed by atoms with Crippen molar-refractivity contribution in [3.05, 3.63) is 47.3 Å². The van der Waals surface area contributed by atoms with Crippen LogP contribution in [0.1, 0.15) is 21.6 Å². The van der Waals surface area contributed by atoms with Crippen molar-refractivity contribution in [3.63, 3.8) is 0 Å². The number of hydrogen-bond acceptors (Lipinski definition) is 6. The Morgan fingerprint density at radius 3 is 2.56 bits per heavy atom. The smallest absolute Gasteiger partial charge is 0.271 e. The van der Waals surface area contributed by atoms with Crippen LogP contribution in [0.5, 0.6) is 0 Å². The molecule has 0 aliphatic carbocycles. The van der Waals surface area contributed by atoms with E-state index < -0.39 is 16.1 Å². The maximum Gasteiger partial charge on any atom is 0.271 e. The maximum absolute atomic E-state index is 13.1. The Hall–Kier alpha value is -1.95. The Balaban J connectivity index is 1.47. The molecule has 1 aromatic carbocycles. The second-order valence-electron chi connectivity index (χ2n) is 7.84. The van der Waals surface area contributed by atoms with Gasteiger partial charge < -0.3 is 15.2 Å². The van der Waals surface area contributed by atoms with E-state index in [1.807, 2.05) is 32.0 Å². The molecule has 172 valence electrons. The SMILES string of the molecule is Cc1ccc(NC(=O)C2CSCN2C(=O)c2cc(S(=O)(=O)N3CCSCC3)c[nH]2)cc1C. The number of aryl methyl sites for hydroxylation is 2. The first-order valence-corrected chi connectivity index (χ1v) is 14.1. The molecule has 3 heterocycles. The predicted octanol–water partition coefficient (Wildman–Crippen LogP) is 2.52. The summed E-state index contributed by atoms with van der Waals surface area (Å²) in [6.45, 7) is 4.91. The summed E-state index contributed by atoms with van der Waals surface area (Å²) >= 11 is 3.22. The Kier molecular flexibility index (Phi) is 6.89. The first kappa shape index (κ1) is 23.2. The monoisotopic (exact) mass is 494 g/mol. The highest BCUT2D eigenvalue weighted by molar-refractivity contribution is 7.99. The lowest BCUT2D eigenvalue weighted by atomic mass is 10.1. The van der Waals surface area contributed by atoms with E-state index in [1.165, 1.54) is 33.2 Å². The average molecular weight is 495 g/mol. The van der Waals surface area contributed by atoms with Gasteiger partial charge in [0, 0.05) is 42.2 Å². The third-order valence-electron chi connectivity index (χ3n) is 5.72. The number of anilines is 1. The van der Waals surface area contributed by atoms with Crippen LogP contribution in [0.25, 0.3) is 0 Å². The minimum atomic E-state index is -3.64. The fraction of sp³-hybridized carbons (Fsp3) is 0.429. The largest absolute Gasteiger partial charge is 0.356 e. The Morgan fingerprint density at radius 2 is 1.84 bits per heavy atom. The Bertz CT molecular complexity index is 1130. The van der Waals surface area contributed by atoms with Gasteiger partial charge in [0.1, 0.15) is 16.6 Å². The molecule has 1 aromatic heterocycles. The second-order valence-corrected chi connectivity index (χ2v) is 12.0. The van der Waals surface area contributed by atoms with Crippen molar-refractivity contribution in [2.45, 2.75) is 24.8 Å². The number of H-pyrrole nitrogens is 1. The van der Waals surface area contributed by atoms with Gasteiger partial charge >= 0.3 is 0 Å². The number of carbonyl (C=O) groups is 2. The molecule has 0 bridgehead atoms. The van der Waals surface area contributed by atoms with Crippen molar-refractivity contribution in [3.8, 4) is 0 Å². The minimum Gasteiger partial charge on any atom is -0.356 e. The molecular formula is C21H26N4O4S3. The summed E-state index contributed by atoms with van der Waals surface area (Å²) in [5, 5.41) is 2.90. The van der Waals surface area contributed by atoms with Crippen molar-refractivity contribution in [2.75, 3.05) is 41.5 Å². The number of aromatic nitrogens is 1. The van der Waals surface area contributed by atoms with E-state index in [2.05, 4.69) is 10.3 Å². The van der Waals surface area contributed by atoms with Crippen LogP contribution in [0.2, 0.25) is 0 Å². The first-order chi connectivity index (χ1) is 15.3. The molecule has 0 saturated carbocycles. The minimum absolute atomic E-state index is 0.0794. The van der Waals surface area contributed by atoms with Gasteiger partial charge in [-0.05, 0) is 43.2 Å². The van der Waals surface area contributed by atoms with Crippen LogP contribution in [0.4, 0.5) is 5.69 Å². The number of thioether (sulfide) groups is 2. The van der Waals surface area contributed by atoms with Gasteiger partial charge in [0.25, 0.3) is 5.91 Å². The van der Waals surface area contributed by atoms with Gasteiger partial charge in [-0.3, -0.25) is 9.59 Å². The Morgan fingerprint density at radius 1 is 1.09 bits per heavy atom. The summed E-state index contributed by atoms with van der Waals surface area (Å²) < 4.78 is 27.2. The van der Waals surface area contributed by atoms with Crippen LogP contribution in [0.15, 0.2) is 35.4 Å². The van der Waals surface area contributed by atoms with Gasteiger partial charge in [-0.1, -0.05) is 6.07 Å². The van der Waals surface area contributed by atoms with E-state index in [-0.39, 0.29) is 22.4 Å². The van der Waals surface area contributed by atoms with Crippen LogP contribution in [0, 0.1) is 13.8 Å². The number of sulfonamides is 1. The molecule has 32 heavy (non-hydrogen) atoms. The molecule has 2 amide bonds. The van der Waals surface area contributed by atoms with Gasteiger partial charge in [-0.2, -0.15) is 16.1 Å². The van der Waals surface area contributed by atoms with E-state index in [0.29, 0.717) is 30.4 Å². The zero-order valence-corrected chi connectivity index (χ0v) is 20.4. The van der Waals surface area contributed by atoms with Crippen LogP contribution >= 0.6 is 23.5 Å². The molecule has 4 rings (SSSR count). The van der Waals surface area contributed by atoms with Crippen molar-refractivity contribution < 1.29 is 18.0 Å². The van der Waals surface area contributed by atoms with Crippen molar-refractivity contribution in [2.24, 2.45) is 0 Å². The number of amides is 2. The summed E-state index contributed by atoms with van der Waals surface area (Å²) in [7, 11) is -3.64. The van der Waals surface area contributed by atoms with E-state index in [9.17, 15) is 18.0 Å². The molecule has 0 spiro atoms. The molecule has 11 heteroatoms. The first-order valence-electron chi connectivity index (χ1n) is 10.3. The topological polar surface area (TPSA) is 103 Å². The summed E-state index contributed by atoms with van der Waals surface area (Å²) in [6.07, 6.45) is 1.36. The van der Waals surface area contributed by atoms with Crippen LogP contribution < -0.4 is 5.32 Å². The third kappa shape index (κ3) is 4.70. The maximum atomic E-state index is 13.1. The molecule has 2 fully saturated rings. The van der Waals surface area contributed by atoms with Gasteiger partial charge in [-0.25, -0.2) is 8.42 Å². The van der Waals surface area contributed by atoms with E-state index >= 15 is 0 Å². The highest BCUT2D eigenvalue weighted by Gasteiger charge is 2.36. The van der Waals surface area contributed by atoms with Gasteiger partial charge in [-0.15, -0.1) is 11.8 Å². The van der Waals surface area contributed by atoms with Gasteiger partial charge in [0.2, 0.25) is 15.9 Å². The predicted molar refractivity (Wildman–Crippen MR) is 129 cm³/mol. The standard InChI is InChI=1S/C21H26N4O4S3/c1-14-3-4-16(9-15(14)2)23-20(26)19-12-31-13-25(19)21(27)18-10-17(11-22-18)32(28,29)24-5-7-30-8-6-24/h3-4,9-11,19,22H,5-8,12-13H2,1-2H3,(H,23,26). The third-order valence-corrected chi connectivity index (χ3v) is 9.55. The zero-order valence-electron chi connectivity index (χ0n) is 18.0. The van der Waals surface area contributed by atoms with Crippen LogP contribution in [-0.2, 0) is 14.8 Å². The zero-order chi connectivity index (χ0) is 22.9. The molecule has 2 N–H and O–H groups in total. The van der Waals surface area contributed by atoms with Crippen molar-refractivity contribution >= 4 is 51.0 Å². The molecule has 8 nitrogen and oxygen atoms in total. The number of rotatable bonds is 5. The number of benzene rings is 1. The highest BCUT2D eigenvalue weighted by Crippen LogP contribution is 2.26. The van der Waals surface area contributed by atoms with Crippen LogP contribution in [-0.4, -0.2) is 76.7 Å². The summed E-state index contributed by atoms with van der Waals surface area (Å²) in [4.78, 5) is 30.4. The lowest BCUT2D eigenvalue weighted by Gasteiger charge is -2.25. The summed E-state index contributed by atoms with van der Waals surface area (Å²) in [5.74, 6) is 1.74. The summed E-state index contributed by atoms with van der Waals surface area (Å²) in [5.41, 5.74) is 3.07. The summed E-state index contributed by atoms with van der Waals surface area (Å²) in [6, 6.07) is 6.44. The number of hydrogen-bond donors (Lipinski definition) is 2. The molecule has 0 radical (unpaired) electrons. The quantitative estimate of drug-likeness (QED) is 0.662. The Labute approximate surface area is 196 Å². The van der Waals surface area contributed by atoms with Crippen molar-refractivity contribution in [1.29, 1.82) is 0 Å². The molecule has 2 aliphatic rings. The second kappa shape index (κ2) is 9.50. The number of carbonyl (C=O) groups excluding carboxylic acids is 2. The molecule has 1 unspecified atom stereocenters. The van der Waals surface area contributed by atoms with Crippen LogP contribution in [0.3, 0.4) is 0 Å². The van der Waals surface area contributed by atoms with E-state index in [1.54, 1.807) is 11.8 Å². The number of nitrogens with one attached hydrogen (secondary N) is 2. The van der Waals surface area contributed by atoms with E-state index in [0.717, 1.165) is 22.6 Å². The van der Waals surface area contributed by atoms with Crippen molar-refractivity contribution in [1.82, 2.24) is 14.2 Å². The van der Waals surface area contributed by atoms with Gasteiger partial charge in [0.05, 0.1) is 5.88 Å². The molecular weight excluding hydrogens is 468 g/mol. The number of nitrogens with zero attached hydrogens (tertiary/aromatic N) is 2. The van der Waals surface area contributed by atoms with E-state index in [4.69, 9.17) is 0 Å². The fourth-order valence-corrected chi connectivity index (χ4v) is 7.37. The molecule has 1 atom stereocenters. The normalized spacial score (nSPS) is 19.8. The number of aromatic amines is 1. The molecule has 2 aliphatic heterocycles. The molecule has 2 saturated heterocycles. The lowest BCUT2D eigenvalue weighted by molar-refractivity contribution is -0.119. The van der Waals surface area contributed by atoms with Gasteiger partial charge in [0.15, 0.2) is 0 Å². The average Bonchev–Trinajstić information content (AvgIpc) is 3.47.